The molecule has 4 rings (SSSR count). The molecule has 0 saturated heterocycles. The number of fused-ring (bicyclic) bond motifs is 2. The minimum Gasteiger partial charge on any atom is -0.390 e. The van der Waals surface area contributed by atoms with Crippen molar-refractivity contribution in [3.63, 3.8) is 0 Å². The molecule has 1 atom stereocenters. The van der Waals surface area contributed by atoms with Gasteiger partial charge in [-0.15, -0.1) is 0 Å². The number of carbonyl (C=O) groups excluding carboxylic acids is 1. The second-order valence-corrected chi connectivity index (χ2v) is 5.99. The van der Waals surface area contributed by atoms with Crippen LogP contribution in [0.25, 0.3) is 0 Å². The first kappa shape index (κ1) is 14.5. The maximum atomic E-state index is 13.2. The summed E-state index contributed by atoms with van der Waals surface area (Å²) < 4.78 is 0. The average Bonchev–Trinajstić information content (AvgIpc) is 3.02. The third-order valence-corrected chi connectivity index (χ3v) is 4.20. The number of para-hydroxylation sites is 1. The van der Waals surface area contributed by atoms with Gasteiger partial charge >= 0.3 is 0 Å². The Morgan fingerprint density at radius 1 is 1.12 bits per heavy atom. The van der Waals surface area contributed by atoms with Gasteiger partial charge in [0.2, 0.25) is 0 Å². The molecule has 2 aliphatic rings. The van der Waals surface area contributed by atoms with Gasteiger partial charge in [-0.05, 0) is 31.2 Å². The molecule has 24 heavy (non-hydrogen) atoms. The summed E-state index contributed by atoms with van der Waals surface area (Å²) in [7, 11) is 0. The highest BCUT2D eigenvalue weighted by Crippen LogP contribution is 2.26. The zero-order valence-corrected chi connectivity index (χ0v) is 13.3. The van der Waals surface area contributed by atoms with E-state index in [-0.39, 0.29) is 12.0 Å². The summed E-state index contributed by atoms with van der Waals surface area (Å²) in [4.78, 5) is 20.4. The molecule has 1 amide bonds. The van der Waals surface area contributed by atoms with Crippen LogP contribution in [0, 0.1) is 11.8 Å². The highest BCUT2D eigenvalue weighted by atomic mass is 16.6. The number of nitrogens with zero attached hydrogens (tertiary/aromatic N) is 2. The maximum Gasteiger partial charge on any atom is 0.259 e. The summed E-state index contributed by atoms with van der Waals surface area (Å²) in [5, 5.41) is 4.00. The van der Waals surface area contributed by atoms with Crippen molar-refractivity contribution >= 4 is 17.3 Å². The van der Waals surface area contributed by atoms with Crippen molar-refractivity contribution in [1.29, 1.82) is 0 Å². The molecule has 2 aliphatic heterocycles. The molecule has 4 nitrogen and oxygen atoms in total. The molecule has 0 aliphatic carbocycles. The summed E-state index contributed by atoms with van der Waals surface area (Å²) in [5.74, 6) is 6.26. The highest BCUT2D eigenvalue weighted by Gasteiger charge is 2.28. The summed E-state index contributed by atoms with van der Waals surface area (Å²) in [6, 6.07) is 15.2. The molecule has 2 aromatic rings. The van der Waals surface area contributed by atoms with E-state index in [1.54, 1.807) is 4.90 Å². The Hall–Kier alpha value is -3.06. The monoisotopic (exact) mass is 316 g/mol. The van der Waals surface area contributed by atoms with E-state index in [1.807, 2.05) is 55.5 Å². The molecule has 0 radical (unpaired) electrons. The van der Waals surface area contributed by atoms with Gasteiger partial charge in [0, 0.05) is 17.5 Å². The normalized spacial score (nSPS) is 18.4. The van der Waals surface area contributed by atoms with Crippen LogP contribution in [0.3, 0.4) is 0 Å². The Kier molecular flexibility index (Phi) is 3.55. The van der Waals surface area contributed by atoms with E-state index < -0.39 is 0 Å². The summed E-state index contributed by atoms with van der Waals surface area (Å²) in [5.41, 5.74) is 3.98. The lowest BCUT2D eigenvalue weighted by Crippen LogP contribution is -2.39. The van der Waals surface area contributed by atoms with Crippen molar-refractivity contribution in [2.24, 2.45) is 5.16 Å². The van der Waals surface area contributed by atoms with E-state index in [2.05, 4.69) is 17.0 Å². The van der Waals surface area contributed by atoms with Gasteiger partial charge in [-0.1, -0.05) is 41.3 Å². The molecule has 2 heterocycles. The first-order valence-corrected chi connectivity index (χ1v) is 7.93. The van der Waals surface area contributed by atoms with E-state index in [4.69, 9.17) is 4.84 Å². The fourth-order valence-electron chi connectivity index (χ4n) is 3.03. The van der Waals surface area contributed by atoms with Gasteiger partial charge in [-0.25, -0.2) is 0 Å². The fraction of sp³-hybridized carbons (Fsp3) is 0.200. The molecule has 0 spiro atoms. The lowest BCUT2D eigenvalue weighted by molar-refractivity contribution is 0.0817. The Labute approximate surface area is 140 Å². The van der Waals surface area contributed by atoms with E-state index in [9.17, 15) is 4.79 Å². The average molecular weight is 316 g/mol. The molecule has 0 saturated carbocycles. The van der Waals surface area contributed by atoms with Crippen molar-refractivity contribution in [3.05, 3.63) is 65.2 Å². The first-order chi connectivity index (χ1) is 11.7. The maximum absolute atomic E-state index is 13.2. The second kappa shape index (κ2) is 5.86. The van der Waals surface area contributed by atoms with Gasteiger partial charge < -0.3 is 9.74 Å². The Morgan fingerprint density at radius 3 is 2.62 bits per heavy atom. The largest absolute Gasteiger partial charge is 0.390 e. The smallest absolute Gasteiger partial charge is 0.259 e. The molecule has 0 aromatic heterocycles. The molecule has 4 heteroatoms. The van der Waals surface area contributed by atoms with E-state index in [0.717, 1.165) is 28.9 Å². The van der Waals surface area contributed by atoms with Crippen LogP contribution in [0.15, 0.2) is 53.7 Å². The zero-order valence-electron chi connectivity index (χ0n) is 13.3. The van der Waals surface area contributed by atoms with Gasteiger partial charge in [0.25, 0.3) is 5.91 Å². The lowest BCUT2D eigenvalue weighted by atomic mass is 10.0. The number of hydrogen-bond acceptors (Lipinski definition) is 3. The van der Waals surface area contributed by atoms with Crippen LogP contribution in [0.2, 0.25) is 0 Å². The molecule has 0 fully saturated rings. The molecule has 118 valence electrons. The third-order valence-electron chi connectivity index (χ3n) is 4.20. The standard InChI is InChI=1S/C20H16N2O2/c1-14-12-17(24-21-14)13-22-19-9-5-3-7-16(19)11-10-15-6-2-4-8-18(15)20(22)23/h2-9,17H,12-13H2,1H3. The highest BCUT2D eigenvalue weighted by molar-refractivity contribution is 6.09. The van der Waals surface area contributed by atoms with Gasteiger partial charge in [0.1, 0.15) is 0 Å². The predicted molar refractivity (Wildman–Crippen MR) is 93.1 cm³/mol. The second-order valence-electron chi connectivity index (χ2n) is 5.99. The van der Waals surface area contributed by atoms with E-state index in [1.165, 1.54) is 0 Å². The number of amides is 1. The number of rotatable bonds is 2. The number of oxime groups is 1. The molecule has 0 N–H and O–H groups in total. The Bertz CT molecular complexity index is 905. The molecule has 2 aromatic carbocycles. The summed E-state index contributed by atoms with van der Waals surface area (Å²) in [6.07, 6.45) is 0.612. The van der Waals surface area contributed by atoms with Crippen LogP contribution in [0.5, 0.6) is 0 Å². The van der Waals surface area contributed by atoms with Crippen LogP contribution in [0.1, 0.15) is 34.8 Å². The van der Waals surface area contributed by atoms with Crippen molar-refractivity contribution < 1.29 is 9.63 Å². The predicted octanol–water partition coefficient (Wildman–Crippen LogP) is 3.21. The van der Waals surface area contributed by atoms with Crippen LogP contribution >= 0.6 is 0 Å². The van der Waals surface area contributed by atoms with Crippen LogP contribution < -0.4 is 4.90 Å². The summed E-state index contributed by atoms with van der Waals surface area (Å²) >= 11 is 0. The minimum absolute atomic E-state index is 0.0554. The van der Waals surface area contributed by atoms with Crippen molar-refractivity contribution in [3.8, 4) is 11.8 Å². The number of benzene rings is 2. The fourth-order valence-corrected chi connectivity index (χ4v) is 3.03. The third kappa shape index (κ3) is 2.55. The molecular formula is C20H16N2O2. The molecular weight excluding hydrogens is 300 g/mol. The number of carbonyl (C=O) groups is 1. The van der Waals surface area contributed by atoms with Crippen LogP contribution in [-0.2, 0) is 4.84 Å². The van der Waals surface area contributed by atoms with Gasteiger partial charge in [0.15, 0.2) is 6.10 Å². The van der Waals surface area contributed by atoms with E-state index >= 15 is 0 Å². The molecule has 1 unspecified atom stereocenters. The van der Waals surface area contributed by atoms with Gasteiger partial charge in [-0.3, -0.25) is 4.79 Å². The lowest BCUT2D eigenvalue weighted by Gasteiger charge is -2.27. The Morgan fingerprint density at radius 2 is 1.83 bits per heavy atom. The zero-order chi connectivity index (χ0) is 16.5. The van der Waals surface area contributed by atoms with E-state index in [0.29, 0.717) is 12.1 Å². The molecule has 0 bridgehead atoms. The van der Waals surface area contributed by atoms with Crippen molar-refractivity contribution in [2.75, 3.05) is 11.4 Å². The number of anilines is 1. The van der Waals surface area contributed by atoms with Crippen LogP contribution in [0.4, 0.5) is 5.69 Å². The minimum atomic E-state index is -0.124. The Balaban J connectivity index is 1.80. The van der Waals surface area contributed by atoms with Crippen molar-refractivity contribution in [1.82, 2.24) is 0 Å². The first-order valence-electron chi connectivity index (χ1n) is 7.93. The number of hydrogen-bond donors (Lipinski definition) is 0. The van der Waals surface area contributed by atoms with Crippen LogP contribution in [-0.4, -0.2) is 24.3 Å². The van der Waals surface area contributed by atoms with Gasteiger partial charge in [-0.2, -0.15) is 0 Å². The topological polar surface area (TPSA) is 41.9 Å². The summed E-state index contributed by atoms with van der Waals surface area (Å²) in [6.45, 7) is 2.39. The van der Waals surface area contributed by atoms with Crippen molar-refractivity contribution in [2.45, 2.75) is 19.4 Å². The quantitative estimate of drug-likeness (QED) is 0.798. The van der Waals surface area contributed by atoms with Gasteiger partial charge in [0.05, 0.1) is 23.5 Å². The SMILES string of the molecule is CC1=NOC(CN2C(=O)c3ccccc3C#Cc3ccccc32)C1.